The molecule has 0 saturated carbocycles. The standard InChI is InChI=1S/C19H21N3O3.ClH/c1-13-17(20-10-11-25-13)19(24)22-16-9-5-8-15(12-16)21-18(23)14-6-3-2-4-7-14;/h2-9,12-13,17,20H,10-11H2,1H3,(H,21,23)(H,22,24);1H/t13-,17+;/m1./s1. The van der Waals surface area contributed by atoms with Gasteiger partial charge in [0.2, 0.25) is 5.91 Å². The van der Waals surface area contributed by atoms with E-state index in [9.17, 15) is 9.59 Å². The Labute approximate surface area is 158 Å². The first-order valence-electron chi connectivity index (χ1n) is 8.26. The molecule has 0 aliphatic carbocycles. The monoisotopic (exact) mass is 375 g/mol. The zero-order valence-corrected chi connectivity index (χ0v) is 15.2. The second-order valence-corrected chi connectivity index (χ2v) is 5.90. The van der Waals surface area contributed by atoms with Gasteiger partial charge in [-0.05, 0) is 37.3 Å². The van der Waals surface area contributed by atoms with Crippen molar-refractivity contribution in [3.05, 3.63) is 60.2 Å². The van der Waals surface area contributed by atoms with Crippen LogP contribution in [0.15, 0.2) is 54.6 Å². The lowest BCUT2D eigenvalue weighted by Gasteiger charge is -2.29. The highest BCUT2D eigenvalue weighted by Crippen LogP contribution is 2.17. The Kier molecular flexibility index (Phi) is 7.15. The predicted octanol–water partition coefficient (Wildman–Crippen LogP) is 2.68. The number of rotatable bonds is 4. The summed E-state index contributed by atoms with van der Waals surface area (Å²) in [6, 6.07) is 15.7. The van der Waals surface area contributed by atoms with Crippen LogP contribution in [0.5, 0.6) is 0 Å². The Hall–Kier alpha value is -2.41. The molecule has 0 spiro atoms. The summed E-state index contributed by atoms with van der Waals surface area (Å²) in [7, 11) is 0. The molecule has 0 radical (unpaired) electrons. The van der Waals surface area contributed by atoms with Crippen LogP contribution in [-0.2, 0) is 9.53 Å². The lowest BCUT2D eigenvalue weighted by Crippen LogP contribution is -2.53. The first-order chi connectivity index (χ1) is 12.1. The van der Waals surface area contributed by atoms with Crippen LogP contribution in [-0.4, -0.2) is 37.1 Å². The molecule has 2 amide bonds. The summed E-state index contributed by atoms with van der Waals surface area (Å²) in [6.07, 6.45) is -0.185. The lowest BCUT2D eigenvalue weighted by atomic mass is 10.1. The topological polar surface area (TPSA) is 79.5 Å². The Morgan fingerprint density at radius 1 is 1.04 bits per heavy atom. The summed E-state index contributed by atoms with van der Waals surface area (Å²) < 4.78 is 5.49. The van der Waals surface area contributed by atoms with Gasteiger partial charge in [0.05, 0.1) is 12.7 Å². The van der Waals surface area contributed by atoms with Crippen molar-refractivity contribution in [2.24, 2.45) is 0 Å². The van der Waals surface area contributed by atoms with Gasteiger partial charge < -0.3 is 20.7 Å². The summed E-state index contributed by atoms with van der Waals surface area (Å²) >= 11 is 0. The second-order valence-electron chi connectivity index (χ2n) is 5.90. The fraction of sp³-hybridized carbons (Fsp3) is 0.263. The van der Waals surface area contributed by atoms with Gasteiger partial charge in [0.1, 0.15) is 6.04 Å². The molecule has 0 bridgehead atoms. The normalized spacial score (nSPS) is 19.1. The van der Waals surface area contributed by atoms with E-state index in [4.69, 9.17) is 4.74 Å². The maximum atomic E-state index is 12.4. The van der Waals surface area contributed by atoms with E-state index in [0.29, 0.717) is 30.1 Å². The zero-order chi connectivity index (χ0) is 17.6. The zero-order valence-electron chi connectivity index (χ0n) is 14.4. The molecule has 1 heterocycles. The molecule has 2 aromatic rings. The number of benzene rings is 2. The minimum atomic E-state index is -0.392. The third-order valence-corrected chi connectivity index (χ3v) is 4.02. The molecule has 0 aromatic heterocycles. The van der Waals surface area contributed by atoms with E-state index in [-0.39, 0.29) is 30.3 Å². The molecule has 1 aliphatic heterocycles. The van der Waals surface area contributed by atoms with Crippen molar-refractivity contribution in [2.75, 3.05) is 23.8 Å². The molecule has 1 aliphatic rings. The first-order valence-corrected chi connectivity index (χ1v) is 8.26. The minimum Gasteiger partial charge on any atom is -0.375 e. The van der Waals surface area contributed by atoms with E-state index in [1.807, 2.05) is 25.1 Å². The van der Waals surface area contributed by atoms with Gasteiger partial charge in [-0.2, -0.15) is 0 Å². The quantitative estimate of drug-likeness (QED) is 0.767. The Morgan fingerprint density at radius 2 is 1.73 bits per heavy atom. The van der Waals surface area contributed by atoms with Crippen LogP contribution in [0.4, 0.5) is 11.4 Å². The van der Waals surface area contributed by atoms with E-state index in [0.717, 1.165) is 0 Å². The summed E-state index contributed by atoms with van der Waals surface area (Å²) in [5, 5.41) is 8.84. The smallest absolute Gasteiger partial charge is 0.255 e. The highest BCUT2D eigenvalue weighted by atomic mass is 35.5. The number of halogens is 1. The highest BCUT2D eigenvalue weighted by Gasteiger charge is 2.28. The number of carbonyl (C=O) groups excluding carboxylic acids is 2. The van der Waals surface area contributed by atoms with E-state index in [1.54, 1.807) is 36.4 Å². The van der Waals surface area contributed by atoms with Crippen LogP contribution in [0.1, 0.15) is 17.3 Å². The third-order valence-electron chi connectivity index (χ3n) is 4.02. The van der Waals surface area contributed by atoms with E-state index in [2.05, 4.69) is 16.0 Å². The van der Waals surface area contributed by atoms with Gasteiger partial charge in [-0.15, -0.1) is 12.4 Å². The van der Waals surface area contributed by atoms with Gasteiger partial charge in [0.15, 0.2) is 0 Å². The number of amides is 2. The maximum Gasteiger partial charge on any atom is 0.255 e. The molecule has 26 heavy (non-hydrogen) atoms. The van der Waals surface area contributed by atoms with Crippen molar-refractivity contribution < 1.29 is 14.3 Å². The molecule has 2 atom stereocenters. The van der Waals surface area contributed by atoms with Crippen LogP contribution < -0.4 is 16.0 Å². The molecule has 6 nitrogen and oxygen atoms in total. The average Bonchev–Trinajstić information content (AvgIpc) is 2.63. The van der Waals surface area contributed by atoms with Crippen molar-refractivity contribution in [1.82, 2.24) is 5.32 Å². The molecule has 2 aromatic carbocycles. The summed E-state index contributed by atoms with van der Waals surface area (Å²) in [6.45, 7) is 3.12. The number of morpholine rings is 1. The summed E-state index contributed by atoms with van der Waals surface area (Å²) in [5.74, 6) is -0.348. The number of hydrogen-bond donors (Lipinski definition) is 3. The maximum absolute atomic E-state index is 12.4. The second kappa shape index (κ2) is 9.33. The number of ether oxygens (including phenoxy) is 1. The van der Waals surface area contributed by atoms with Crippen LogP contribution in [0.2, 0.25) is 0 Å². The molecule has 7 heteroatoms. The molecule has 1 fully saturated rings. The molecule has 1 saturated heterocycles. The van der Waals surface area contributed by atoms with E-state index in [1.165, 1.54) is 0 Å². The SMILES string of the molecule is C[C@H]1OCCN[C@@H]1C(=O)Nc1cccc(NC(=O)c2ccccc2)c1.Cl. The van der Waals surface area contributed by atoms with Crippen molar-refractivity contribution >= 4 is 35.6 Å². The first kappa shape index (κ1) is 19.9. The minimum absolute atomic E-state index is 0. The Morgan fingerprint density at radius 3 is 2.42 bits per heavy atom. The Balaban J connectivity index is 0.00000243. The number of anilines is 2. The fourth-order valence-corrected chi connectivity index (χ4v) is 2.71. The number of carbonyl (C=O) groups is 2. The van der Waals surface area contributed by atoms with Gasteiger partial charge in [-0.25, -0.2) is 0 Å². The van der Waals surface area contributed by atoms with Crippen LogP contribution in [0, 0.1) is 0 Å². The summed E-state index contributed by atoms with van der Waals surface area (Å²) in [4.78, 5) is 24.6. The Bertz CT molecular complexity index is 755. The van der Waals surface area contributed by atoms with Crippen molar-refractivity contribution in [3.8, 4) is 0 Å². The largest absolute Gasteiger partial charge is 0.375 e. The van der Waals surface area contributed by atoms with E-state index < -0.39 is 6.04 Å². The van der Waals surface area contributed by atoms with Crippen LogP contribution >= 0.6 is 12.4 Å². The molecule has 0 unspecified atom stereocenters. The molecule has 138 valence electrons. The van der Waals surface area contributed by atoms with Gasteiger partial charge in [0.25, 0.3) is 5.91 Å². The molecule has 3 N–H and O–H groups in total. The molecular weight excluding hydrogens is 354 g/mol. The van der Waals surface area contributed by atoms with Crippen molar-refractivity contribution in [1.29, 1.82) is 0 Å². The van der Waals surface area contributed by atoms with Gasteiger partial charge in [0, 0.05) is 23.5 Å². The molecular formula is C19H22ClN3O3. The van der Waals surface area contributed by atoms with Crippen LogP contribution in [0.25, 0.3) is 0 Å². The average molecular weight is 376 g/mol. The third kappa shape index (κ3) is 5.05. The predicted molar refractivity (Wildman–Crippen MR) is 104 cm³/mol. The summed E-state index contributed by atoms with van der Waals surface area (Å²) in [5.41, 5.74) is 1.82. The lowest BCUT2D eigenvalue weighted by molar-refractivity contribution is -0.123. The van der Waals surface area contributed by atoms with Gasteiger partial charge in [-0.3, -0.25) is 9.59 Å². The van der Waals surface area contributed by atoms with Crippen molar-refractivity contribution in [2.45, 2.75) is 19.1 Å². The van der Waals surface area contributed by atoms with Crippen molar-refractivity contribution in [3.63, 3.8) is 0 Å². The van der Waals surface area contributed by atoms with Gasteiger partial charge in [-0.1, -0.05) is 24.3 Å². The van der Waals surface area contributed by atoms with Gasteiger partial charge >= 0.3 is 0 Å². The van der Waals surface area contributed by atoms with Crippen LogP contribution in [0.3, 0.4) is 0 Å². The number of hydrogen-bond acceptors (Lipinski definition) is 4. The number of nitrogens with one attached hydrogen (secondary N) is 3. The molecule has 3 rings (SSSR count). The fourth-order valence-electron chi connectivity index (χ4n) is 2.71. The van der Waals surface area contributed by atoms with E-state index >= 15 is 0 Å². The highest BCUT2D eigenvalue weighted by molar-refractivity contribution is 6.04.